The maximum atomic E-state index is 12.4. The summed E-state index contributed by atoms with van der Waals surface area (Å²) in [6.07, 6.45) is 6.89. The second-order valence-electron chi connectivity index (χ2n) is 6.98. The first-order valence-corrected chi connectivity index (χ1v) is 9.10. The second-order valence-corrected chi connectivity index (χ2v) is 6.98. The molecule has 138 valence electrons. The second kappa shape index (κ2) is 8.17. The number of likely N-dealkylation sites (tertiary alicyclic amines) is 1. The molecular weight excluding hydrogens is 330 g/mol. The summed E-state index contributed by atoms with van der Waals surface area (Å²) in [6.45, 7) is 4.34. The van der Waals surface area contributed by atoms with Gasteiger partial charge in [-0.05, 0) is 49.8 Å². The fraction of sp³-hybridized carbons (Fsp3) is 0.450. The SMILES string of the molecule is Cc1nccn1CCCC(=O)N1CCC(Cc2cccc(C(=O)O)c2)C1. The van der Waals surface area contributed by atoms with E-state index < -0.39 is 5.97 Å². The van der Waals surface area contributed by atoms with E-state index in [1.54, 1.807) is 24.4 Å². The zero-order chi connectivity index (χ0) is 18.5. The molecule has 1 aromatic carbocycles. The van der Waals surface area contributed by atoms with Gasteiger partial charge in [0.25, 0.3) is 0 Å². The number of carboxylic acids is 1. The van der Waals surface area contributed by atoms with E-state index in [1.807, 2.05) is 24.1 Å². The third-order valence-corrected chi connectivity index (χ3v) is 5.05. The van der Waals surface area contributed by atoms with Crippen molar-refractivity contribution in [2.75, 3.05) is 13.1 Å². The Morgan fingerprint density at radius 3 is 2.92 bits per heavy atom. The summed E-state index contributed by atoms with van der Waals surface area (Å²) in [4.78, 5) is 29.6. The third kappa shape index (κ3) is 4.50. The molecule has 0 aliphatic carbocycles. The number of hydrogen-bond donors (Lipinski definition) is 1. The van der Waals surface area contributed by atoms with Crippen LogP contribution in [0.4, 0.5) is 0 Å². The zero-order valence-electron chi connectivity index (χ0n) is 15.1. The number of carbonyl (C=O) groups is 2. The number of carboxylic acid groups (broad SMARTS) is 1. The molecule has 1 fully saturated rings. The van der Waals surface area contributed by atoms with Crippen LogP contribution >= 0.6 is 0 Å². The van der Waals surface area contributed by atoms with Crippen molar-refractivity contribution < 1.29 is 14.7 Å². The summed E-state index contributed by atoms with van der Waals surface area (Å²) in [5, 5.41) is 9.09. The Bertz CT molecular complexity index is 784. The third-order valence-electron chi connectivity index (χ3n) is 5.05. The molecular formula is C20H25N3O3. The van der Waals surface area contributed by atoms with Crippen LogP contribution < -0.4 is 0 Å². The molecule has 0 radical (unpaired) electrons. The topological polar surface area (TPSA) is 75.4 Å². The number of hydrogen-bond acceptors (Lipinski definition) is 3. The van der Waals surface area contributed by atoms with E-state index in [1.165, 1.54) is 0 Å². The van der Waals surface area contributed by atoms with E-state index in [9.17, 15) is 9.59 Å². The molecule has 0 spiro atoms. The van der Waals surface area contributed by atoms with Crippen LogP contribution in [0.25, 0.3) is 0 Å². The lowest BCUT2D eigenvalue weighted by molar-refractivity contribution is -0.130. The summed E-state index contributed by atoms with van der Waals surface area (Å²) in [6, 6.07) is 7.09. The van der Waals surface area contributed by atoms with E-state index in [2.05, 4.69) is 9.55 Å². The van der Waals surface area contributed by atoms with Crippen molar-refractivity contribution in [2.45, 2.75) is 39.2 Å². The van der Waals surface area contributed by atoms with E-state index in [0.717, 1.165) is 50.3 Å². The van der Waals surface area contributed by atoms with Crippen molar-refractivity contribution in [3.63, 3.8) is 0 Å². The fourth-order valence-corrected chi connectivity index (χ4v) is 3.59. The van der Waals surface area contributed by atoms with Crippen molar-refractivity contribution in [1.29, 1.82) is 0 Å². The molecule has 1 aliphatic rings. The van der Waals surface area contributed by atoms with Gasteiger partial charge in [0.15, 0.2) is 0 Å². The minimum Gasteiger partial charge on any atom is -0.478 e. The lowest BCUT2D eigenvalue weighted by atomic mass is 9.97. The zero-order valence-corrected chi connectivity index (χ0v) is 15.1. The summed E-state index contributed by atoms with van der Waals surface area (Å²) >= 11 is 0. The summed E-state index contributed by atoms with van der Waals surface area (Å²) in [7, 11) is 0. The molecule has 6 heteroatoms. The maximum Gasteiger partial charge on any atom is 0.335 e. The Kier molecular flexibility index (Phi) is 5.71. The molecule has 2 aromatic rings. The number of carbonyl (C=O) groups excluding carboxylic acids is 1. The number of rotatable bonds is 7. The summed E-state index contributed by atoms with van der Waals surface area (Å²) < 4.78 is 2.06. The average Bonchev–Trinajstić information content (AvgIpc) is 3.24. The molecule has 6 nitrogen and oxygen atoms in total. The average molecular weight is 355 g/mol. The highest BCUT2D eigenvalue weighted by Gasteiger charge is 2.26. The van der Waals surface area contributed by atoms with Gasteiger partial charge in [0, 0.05) is 38.4 Å². The minimum absolute atomic E-state index is 0.213. The van der Waals surface area contributed by atoms with Crippen LogP contribution in [-0.4, -0.2) is 44.5 Å². The molecule has 1 amide bonds. The van der Waals surface area contributed by atoms with Crippen LogP contribution in [0, 0.1) is 12.8 Å². The lowest BCUT2D eigenvalue weighted by Gasteiger charge is -2.17. The number of amides is 1. The quantitative estimate of drug-likeness (QED) is 0.829. The highest BCUT2D eigenvalue weighted by molar-refractivity contribution is 5.87. The van der Waals surface area contributed by atoms with Crippen LogP contribution in [0.15, 0.2) is 36.7 Å². The van der Waals surface area contributed by atoms with Gasteiger partial charge in [0.2, 0.25) is 5.91 Å². The Hall–Kier alpha value is -2.63. The van der Waals surface area contributed by atoms with Crippen LogP contribution in [0.3, 0.4) is 0 Å². The van der Waals surface area contributed by atoms with Gasteiger partial charge < -0.3 is 14.6 Å². The summed E-state index contributed by atoms with van der Waals surface area (Å²) in [5.41, 5.74) is 1.35. The van der Waals surface area contributed by atoms with Crippen LogP contribution in [0.5, 0.6) is 0 Å². The Balaban J connectivity index is 1.45. The van der Waals surface area contributed by atoms with Crippen molar-refractivity contribution >= 4 is 11.9 Å². The highest BCUT2D eigenvalue weighted by atomic mass is 16.4. The Morgan fingerprint density at radius 1 is 1.35 bits per heavy atom. The van der Waals surface area contributed by atoms with Crippen molar-refractivity contribution in [2.24, 2.45) is 5.92 Å². The molecule has 1 saturated heterocycles. The predicted octanol–water partition coefficient (Wildman–Crippen LogP) is 2.76. The maximum absolute atomic E-state index is 12.4. The van der Waals surface area contributed by atoms with Gasteiger partial charge in [-0.25, -0.2) is 9.78 Å². The summed E-state index contributed by atoms with van der Waals surface area (Å²) in [5.74, 6) is 0.689. The van der Waals surface area contributed by atoms with Crippen LogP contribution in [0.1, 0.15) is 41.0 Å². The Labute approximate surface area is 153 Å². The number of aryl methyl sites for hydroxylation is 2. The van der Waals surface area contributed by atoms with E-state index >= 15 is 0 Å². The van der Waals surface area contributed by atoms with Crippen LogP contribution in [-0.2, 0) is 17.8 Å². The highest BCUT2D eigenvalue weighted by Crippen LogP contribution is 2.22. The first kappa shape index (κ1) is 18.2. The smallest absolute Gasteiger partial charge is 0.335 e. The molecule has 1 N–H and O–H groups in total. The molecule has 1 aliphatic heterocycles. The number of nitrogens with zero attached hydrogens (tertiary/aromatic N) is 3. The number of benzene rings is 1. The van der Waals surface area contributed by atoms with Crippen molar-refractivity contribution in [3.8, 4) is 0 Å². The van der Waals surface area contributed by atoms with E-state index in [4.69, 9.17) is 5.11 Å². The monoisotopic (exact) mass is 355 g/mol. The molecule has 0 bridgehead atoms. The standard InChI is InChI=1S/C20H25N3O3/c1-15-21-8-11-22(15)9-3-6-19(24)23-10-7-17(14-23)12-16-4-2-5-18(13-16)20(25)26/h2,4-5,8,11,13,17H,3,6-7,9-10,12,14H2,1H3,(H,25,26). The van der Waals surface area contributed by atoms with Gasteiger partial charge >= 0.3 is 5.97 Å². The van der Waals surface area contributed by atoms with Gasteiger partial charge in [-0.15, -0.1) is 0 Å². The van der Waals surface area contributed by atoms with Gasteiger partial charge in [-0.3, -0.25) is 4.79 Å². The molecule has 1 unspecified atom stereocenters. The van der Waals surface area contributed by atoms with Crippen LogP contribution in [0.2, 0.25) is 0 Å². The van der Waals surface area contributed by atoms with Gasteiger partial charge in [-0.2, -0.15) is 0 Å². The molecule has 2 heterocycles. The van der Waals surface area contributed by atoms with Crippen molar-refractivity contribution in [3.05, 3.63) is 53.6 Å². The molecule has 0 saturated carbocycles. The van der Waals surface area contributed by atoms with Crippen molar-refractivity contribution in [1.82, 2.24) is 14.5 Å². The first-order valence-electron chi connectivity index (χ1n) is 9.10. The first-order chi connectivity index (χ1) is 12.5. The number of aromatic carboxylic acids is 1. The predicted molar refractivity (Wildman–Crippen MR) is 98.0 cm³/mol. The normalized spacial score (nSPS) is 16.8. The molecule has 1 aromatic heterocycles. The lowest BCUT2D eigenvalue weighted by Crippen LogP contribution is -2.29. The largest absolute Gasteiger partial charge is 0.478 e. The molecule has 1 atom stereocenters. The van der Waals surface area contributed by atoms with Gasteiger partial charge in [0.05, 0.1) is 5.56 Å². The Morgan fingerprint density at radius 2 is 2.19 bits per heavy atom. The minimum atomic E-state index is -0.900. The number of aromatic nitrogens is 2. The van der Waals surface area contributed by atoms with Gasteiger partial charge in [-0.1, -0.05) is 12.1 Å². The van der Waals surface area contributed by atoms with Gasteiger partial charge in [0.1, 0.15) is 5.82 Å². The fourth-order valence-electron chi connectivity index (χ4n) is 3.59. The number of imidazole rings is 1. The van der Waals surface area contributed by atoms with E-state index in [0.29, 0.717) is 17.9 Å². The van der Waals surface area contributed by atoms with E-state index in [-0.39, 0.29) is 5.91 Å². The molecule has 26 heavy (non-hydrogen) atoms. The molecule has 3 rings (SSSR count).